The van der Waals surface area contributed by atoms with E-state index in [1.165, 1.54) is 43.5 Å². The molecule has 214 valence electrons. The molecule has 0 aromatic heterocycles. The molecule has 4 aromatic rings. The van der Waals surface area contributed by atoms with Gasteiger partial charge in [0.05, 0.1) is 28.3 Å². The van der Waals surface area contributed by atoms with Crippen LogP contribution in [0.1, 0.15) is 32.6 Å². The number of methoxy groups -OCH3 is 1. The molecular formula is C30H31N3O6S2. The summed E-state index contributed by atoms with van der Waals surface area (Å²) in [4.78, 5) is 13.0. The third-order valence-corrected chi connectivity index (χ3v) is 9.50. The molecule has 0 radical (unpaired) electrons. The molecule has 0 fully saturated rings. The molecule has 0 saturated carbocycles. The summed E-state index contributed by atoms with van der Waals surface area (Å²) in [5.41, 5.74) is 4.32. The molecule has 0 atom stereocenters. The normalized spacial score (nSPS) is 11.5. The van der Waals surface area contributed by atoms with Gasteiger partial charge in [0.15, 0.2) is 0 Å². The van der Waals surface area contributed by atoms with Gasteiger partial charge in [0, 0.05) is 11.3 Å². The van der Waals surface area contributed by atoms with Gasteiger partial charge in [0.2, 0.25) is 0 Å². The lowest BCUT2D eigenvalue weighted by Crippen LogP contribution is -2.18. The van der Waals surface area contributed by atoms with E-state index in [0.29, 0.717) is 28.4 Å². The molecule has 3 N–H and O–H groups in total. The Morgan fingerprint density at radius 1 is 0.707 bits per heavy atom. The standard InChI is InChI=1S/C30H31N3O6S2/c1-19-9-16-28(39-5)27(17-19)33-40(35,36)25-14-12-24(13-15-25)31-30(34)23-11-10-21(3)29(18-23)41(37,38)32-26-8-6-7-20(2)22(26)4/h6-18,32-33H,1-5H3,(H,31,34). The van der Waals surface area contributed by atoms with E-state index < -0.39 is 26.0 Å². The van der Waals surface area contributed by atoms with Gasteiger partial charge in [0.25, 0.3) is 26.0 Å². The molecule has 41 heavy (non-hydrogen) atoms. The lowest BCUT2D eigenvalue weighted by molar-refractivity contribution is 0.102. The number of carbonyl (C=O) groups is 1. The summed E-state index contributed by atoms with van der Waals surface area (Å²) in [5, 5.41) is 2.69. The number of carbonyl (C=O) groups excluding carboxylic acids is 1. The molecule has 11 heteroatoms. The predicted molar refractivity (Wildman–Crippen MR) is 161 cm³/mol. The minimum atomic E-state index is -3.98. The number of anilines is 3. The second-order valence-corrected chi connectivity index (χ2v) is 13.0. The Balaban J connectivity index is 1.52. The van der Waals surface area contributed by atoms with Crippen molar-refractivity contribution in [1.82, 2.24) is 0 Å². The Kier molecular flexibility index (Phi) is 8.41. The lowest BCUT2D eigenvalue weighted by atomic mass is 10.1. The van der Waals surface area contributed by atoms with Crippen LogP contribution in [0.5, 0.6) is 5.75 Å². The molecule has 0 unspecified atom stereocenters. The van der Waals surface area contributed by atoms with E-state index in [4.69, 9.17) is 4.74 Å². The van der Waals surface area contributed by atoms with Gasteiger partial charge in [-0.1, -0.05) is 24.3 Å². The summed E-state index contributed by atoms with van der Waals surface area (Å²) in [6, 6.07) is 20.5. The average molecular weight is 594 g/mol. The van der Waals surface area contributed by atoms with E-state index in [2.05, 4.69) is 14.8 Å². The highest BCUT2D eigenvalue weighted by Crippen LogP contribution is 2.29. The average Bonchev–Trinajstić information content (AvgIpc) is 2.91. The fourth-order valence-electron chi connectivity index (χ4n) is 4.12. The van der Waals surface area contributed by atoms with Crippen molar-refractivity contribution in [3.8, 4) is 5.75 Å². The van der Waals surface area contributed by atoms with Crippen molar-refractivity contribution in [3.05, 3.63) is 107 Å². The van der Waals surface area contributed by atoms with E-state index >= 15 is 0 Å². The molecule has 0 heterocycles. The Morgan fingerprint density at radius 2 is 1.39 bits per heavy atom. The SMILES string of the molecule is COc1ccc(C)cc1NS(=O)(=O)c1ccc(NC(=O)c2ccc(C)c(S(=O)(=O)Nc3cccc(C)c3C)c2)cc1. The Labute approximate surface area is 240 Å². The van der Waals surface area contributed by atoms with Crippen molar-refractivity contribution >= 4 is 43.0 Å². The monoisotopic (exact) mass is 593 g/mol. The topological polar surface area (TPSA) is 131 Å². The maximum Gasteiger partial charge on any atom is 0.262 e. The number of aryl methyl sites for hydroxylation is 3. The number of sulfonamides is 2. The molecule has 4 aromatic carbocycles. The van der Waals surface area contributed by atoms with Gasteiger partial charge in [0.1, 0.15) is 5.75 Å². The Hall–Kier alpha value is -4.35. The number of nitrogens with one attached hydrogen (secondary N) is 3. The second-order valence-electron chi connectivity index (χ2n) is 9.62. The predicted octanol–water partition coefficient (Wildman–Crippen LogP) is 5.78. The van der Waals surface area contributed by atoms with Crippen molar-refractivity contribution in [2.45, 2.75) is 37.5 Å². The van der Waals surface area contributed by atoms with E-state index in [0.717, 1.165) is 16.7 Å². The molecule has 1 amide bonds. The molecule has 0 aliphatic heterocycles. The van der Waals surface area contributed by atoms with Crippen molar-refractivity contribution in [2.75, 3.05) is 21.9 Å². The smallest absolute Gasteiger partial charge is 0.262 e. The third kappa shape index (κ3) is 6.69. The zero-order valence-corrected chi connectivity index (χ0v) is 24.9. The van der Waals surface area contributed by atoms with Crippen LogP contribution in [-0.4, -0.2) is 29.9 Å². The van der Waals surface area contributed by atoms with Gasteiger partial charge < -0.3 is 10.1 Å². The first-order valence-corrected chi connectivity index (χ1v) is 15.6. The van der Waals surface area contributed by atoms with Crippen LogP contribution in [-0.2, 0) is 20.0 Å². The van der Waals surface area contributed by atoms with Gasteiger partial charge in [-0.05, 0) is 105 Å². The van der Waals surface area contributed by atoms with E-state index in [1.807, 2.05) is 32.9 Å². The Bertz CT molecular complexity index is 1830. The van der Waals surface area contributed by atoms with E-state index in [1.54, 1.807) is 37.3 Å². The summed E-state index contributed by atoms with van der Waals surface area (Å²) < 4.78 is 62.8. The highest BCUT2D eigenvalue weighted by molar-refractivity contribution is 7.93. The fourth-order valence-corrected chi connectivity index (χ4v) is 6.57. The van der Waals surface area contributed by atoms with Crippen molar-refractivity contribution in [2.24, 2.45) is 0 Å². The number of hydrogen-bond acceptors (Lipinski definition) is 6. The molecule has 0 spiro atoms. The van der Waals surface area contributed by atoms with Crippen molar-refractivity contribution in [3.63, 3.8) is 0 Å². The van der Waals surface area contributed by atoms with E-state index in [9.17, 15) is 21.6 Å². The summed E-state index contributed by atoms with van der Waals surface area (Å²) in [5.74, 6) is -0.168. The first-order valence-electron chi connectivity index (χ1n) is 12.6. The van der Waals surface area contributed by atoms with Crippen LogP contribution in [0.15, 0.2) is 88.7 Å². The van der Waals surface area contributed by atoms with Crippen LogP contribution in [0.4, 0.5) is 17.1 Å². The minimum Gasteiger partial charge on any atom is -0.495 e. The van der Waals surface area contributed by atoms with Gasteiger partial charge in [-0.3, -0.25) is 14.2 Å². The van der Waals surface area contributed by atoms with Crippen LogP contribution in [0.25, 0.3) is 0 Å². The number of hydrogen-bond donors (Lipinski definition) is 3. The highest BCUT2D eigenvalue weighted by atomic mass is 32.2. The maximum atomic E-state index is 13.2. The van der Waals surface area contributed by atoms with Crippen LogP contribution >= 0.6 is 0 Å². The lowest BCUT2D eigenvalue weighted by Gasteiger charge is -2.15. The minimum absolute atomic E-state index is 0.0136. The van der Waals surface area contributed by atoms with Gasteiger partial charge in [-0.15, -0.1) is 0 Å². The summed E-state index contributed by atoms with van der Waals surface area (Å²) in [6.07, 6.45) is 0. The number of ether oxygens (including phenoxy) is 1. The molecule has 0 bridgehead atoms. The van der Waals surface area contributed by atoms with Crippen molar-refractivity contribution in [1.29, 1.82) is 0 Å². The zero-order chi connectivity index (χ0) is 29.9. The maximum absolute atomic E-state index is 13.2. The summed E-state index contributed by atoms with van der Waals surface area (Å²) >= 11 is 0. The quantitative estimate of drug-likeness (QED) is 0.225. The van der Waals surface area contributed by atoms with Crippen LogP contribution in [0.2, 0.25) is 0 Å². The van der Waals surface area contributed by atoms with Crippen LogP contribution in [0.3, 0.4) is 0 Å². The first-order chi connectivity index (χ1) is 19.3. The molecular weight excluding hydrogens is 562 g/mol. The first kappa shape index (κ1) is 29.6. The van der Waals surface area contributed by atoms with Crippen LogP contribution < -0.4 is 19.5 Å². The number of amides is 1. The largest absolute Gasteiger partial charge is 0.495 e. The van der Waals surface area contributed by atoms with Crippen molar-refractivity contribution < 1.29 is 26.4 Å². The Morgan fingerprint density at radius 3 is 2.07 bits per heavy atom. The zero-order valence-electron chi connectivity index (χ0n) is 23.3. The highest BCUT2D eigenvalue weighted by Gasteiger charge is 2.21. The summed E-state index contributed by atoms with van der Waals surface area (Å²) in [7, 11) is -6.46. The number of rotatable bonds is 9. The van der Waals surface area contributed by atoms with E-state index in [-0.39, 0.29) is 15.4 Å². The summed E-state index contributed by atoms with van der Waals surface area (Å²) in [6.45, 7) is 7.21. The molecule has 0 aliphatic carbocycles. The molecule has 0 saturated heterocycles. The molecule has 4 rings (SSSR count). The third-order valence-electron chi connectivity index (χ3n) is 6.61. The number of benzene rings is 4. The second kappa shape index (κ2) is 11.6. The van der Waals surface area contributed by atoms with Gasteiger partial charge >= 0.3 is 0 Å². The van der Waals surface area contributed by atoms with Gasteiger partial charge in [-0.25, -0.2) is 16.8 Å². The van der Waals surface area contributed by atoms with Gasteiger partial charge in [-0.2, -0.15) is 0 Å². The van der Waals surface area contributed by atoms with Crippen LogP contribution in [0, 0.1) is 27.7 Å². The molecule has 0 aliphatic rings. The fraction of sp³-hybridized carbons (Fsp3) is 0.167. The molecule has 9 nitrogen and oxygen atoms in total.